The molecule has 0 saturated carbocycles. The van der Waals surface area contributed by atoms with Gasteiger partial charge in [0.2, 0.25) is 0 Å². The highest BCUT2D eigenvalue weighted by molar-refractivity contribution is 5.27. The third-order valence-electron chi connectivity index (χ3n) is 5.14. The molecule has 3 aliphatic rings. The molecule has 2 unspecified atom stereocenters. The Labute approximate surface area is 148 Å². The minimum absolute atomic E-state index is 0.411. The summed E-state index contributed by atoms with van der Waals surface area (Å²) in [6.45, 7) is 6.39. The third-order valence-corrected chi connectivity index (χ3v) is 5.14. The van der Waals surface area contributed by atoms with Crippen molar-refractivity contribution in [3.05, 3.63) is 47.0 Å². The summed E-state index contributed by atoms with van der Waals surface area (Å²) < 4.78 is 29.6. The van der Waals surface area contributed by atoms with E-state index in [1.54, 1.807) is 11.1 Å². The van der Waals surface area contributed by atoms with Crippen molar-refractivity contribution >= 4 is 0 Å². The van der Waals surface area contributed by atoms with Gasteiger partial charge in [-0.15, -0.1) is 0 Å². The van der Waals surface area contributed by atoms with Crippen molar-refractivity contribution in [1.82, 2.24) is 15.5 Å². The van der Waals surface area contributed by atoms with Crippen molar-refractivity contribution in [1.29, 1.82) is 0 Å². The van der Waals surface area contributed by atoms with Gasteiger partial charge >= 0.3 is 0 Å². The highest BCUT2D eigenvalue weighted by atomic mass is 19.1. The van der Waals surface area contributed by atoms with Gasteiger partial charge in [0.05, 0.1) is 13.2 Å². The van der Waals surface area contributed by atoms with Gasteiger partial charge in [0.25, 0.3) is 0 Å². The van der Waals surface area contributed by atoms with E-state index in [2.05, 4.69) is 15.5 Å². The van der Waals surface area contributed by atoms with E-state index in [-0.39, 0.29) is 0 Å². The van der Waals surface area contributed by atoms with Crippen molar-refractivity contribution in [3.63, 3.8) is 0 Å². The lowest BCUT2D eigenvalue weighted by atomic mass is 10.0. The standard InChI is InChI=1S/C13H23N3O.C6H4F2/c1-14-12-4-13(9-17-8-12)16-6-10-2-3-15-5-11(10)7-16;7-5-1-2-6(8)4-3-5/h12-15H,2-9H2,1H3;1-4H. The van der Waals surface area contributed by atoms with E-state index in [4.69, 9.17) is 4.74 Å². The lowest BCUT2D eigenvalue weighted by Crippen LogP contribution is -2.48. The van der Waals surface area contributed by atoms with Crippen LogP contribution in [0.4, 0.5) is 8.78 Å². The Morgan fingerprint density at radius 1 is 1.08 bits per heavy atom. The molecule has 0 aliphatic carbocycles. The lowest BCUT2D eigenvalue weighted by molar-refractivity contribution is 0.00933. The van der Waals surface area contributed by atoms with E-state index in [0.29, 0.717) is 12.1 Å². The molecule has 2 N–H and O–H groups in total. The van der Waals surface area contributed by atoms with Crippen LogP contribution in [0.25, 0.3) is 0 Å². The average molecular weight is 351 g/mol. The molecule has 3 heterocycles. The molecule has 25 heavy (non-hydrogen) atoms. The quantitative estimate of drug-likeness (QED) is 0.799. The van der Waals surface area contributed by atoms with E-state index in [1.807, 2.05) is 7.05 Å². The topological polar surface area (TPSA) is 36.5 Å². The number of ether oxygens (including phenoxy) is 1. The second-order valence-electron chi connectivity index (χ2n) is 6.89. The summed E-state index contributed by atoms with van der Waals surface area (Å²) in [6, 6.07) is 5.45. The molecule has 4 rings (SSSR count). The number of rotatable bonds is 2. The zero-order valence-corrected chi connectivity index (χ0v) is 14.7. The average Bonchev–Trinajstić information content (AvgIpc) is 3.09. The number of hydrogen-bond donors (Lipinski definition) is 2. The van der Waals surface area contributed by atoms with Gasteiger partial charge < -0.3 is 15.4 Å². The molecule has 3 aliphatic heterocycles. The van der Waals surface area contributed by atoms with Crippen molar-refractivity contribution in [3.8, 4) is 0 Å². The maximum Gasteiger partial charge on any atom is 0.123 e. The van der Waals surface area contributed by atoms with Crippen LogP contribution in [-0.2, 0) is 4.74 Å². The largest absolute Gasteiger partial charge is 0.378 e. The fourth-order valence-corrected chi connectivity index (χ4v) is 3.64. The van der Waals surface area contributed by atoms with Gasteiger partial charge in [0.1, 0.15) is 11.6 Å². The van der Waals surface area contributed by atoms with Crippen LogP contribution in [-0.4, -0.2) is 63.4 Å². The minimum atomic E-state index is -0.411. The third kappa shape index (κ3) is 5.07. The Balaban J connectivity index is 0.000000192. The number of halogens is 2. The maximum absolute atomic E-state index is 11.9. The van der Waals surface area contributed by atoms with E-state index >= 15 is 0 Å². The van der Waals surface area contributed by atoms with Gasteiger partial charge in [0.15, 0.2) is 0 Å². The van der Waals surface area contributed by atoms with E-state index in [0.717, 1.165) is 57.1 Å². The molecule has 0 radical (unpaired) electrons. The molecule has 1 saturated heterocycles. The smallest absolute Gasteiger partial charge is 0.123 e. The molecule has 4 nitrogen and oxygen atoms in total. The van der Waals surface area contributed by atoms with Crippen molar-refractivity contribution in [2.45, 2.75) is 24.9 Å². The first-order valence-electron chi connectivity index (χ1n) is 8.96. The number of nitrogens with zero attached hydrogens (tertiary/aromatic N) is 1. The summed E-state index contributed by atoms with van der Waals surface area (Å²) >= 11 is 0. The second-order valence-corrected chi connectivity index (χ2v) is 6.89. The normalized spacial score (nSPS) is 26.8. The van der Waals surface area contributed by atoms with Gasteiger partial charge in [-0.3, -0.25) is 4.90 Å². The minimum Gasteiger partial charge on any atom is -0.378 e. The zero-order chi connectivity index (χ0) is 17.6. The number of nitrogens with one attached hydrogen (secondary N) is 2. The molecule has 0 bridgehead atoms. The van der Waals surface area contributed by atoms with Crippen molar-refractivity contribution < 1.29 is 13.5 Å². The number of hydrogen-bond acceptors (Lipinski definition) is 4. The highest BCUT2D eigenvalue weighted by Crippen LogP contribution is 2.26. The van der Waals surface area contributed by atoms with Crippen LogP contribution in [0.15, 0.2) is 35.4 Å². The monoisotopic (exact) mass is 351 g/mol. The molecule has 1 fully saturated rings. The van der Waals surface area contributed by atoms with Crippen LogP contribution in [0, 0.1) is 11.6 Å². The summed E-state index contributed by atoms with van der Waals surface area (Å²) in [5.41, 5.74) is 3.33. The van der Waals surface area contributed by atoms with Crippen LogP contribution in [0.2, 0.25) is 0 Å². The predicted molar refractivity (Wildman–Crippen MR) is 94.5 cm³/mol. The summed E-state index contributed by atoms with van der Waals surface area (Å²) in [7, 11) is 2.04. The predicted octanol–water partition coefficient (Wildman–Crippen LogP) is 1.93. The van der Waals surface area contributed by atoms with Gasteiger partial charge in [0, 0.05) is 31.7 Å². The first kappa shape index (κ1) is 18.5. The first-order chi connectivity index (χ1) is 12.2. The van der Waals surface area contributed by atoms with Gasteiger partial charge in [-0.25, -0.2) is 8.78 Å². The Morgan fingerprint density at radius 2 is 1.76 bits per heavy atom. The van der Waals surface area contributed by atoms with E-state index < -0.39 is 11.6 Å². The van der Waals surface area contributed by atoms with Gasteiger partial charge in [-0.2, -0.15) is 0 Å². The summed E-state index contributed by atoms with van der Waals surface area (Å²) in [6.07, 6.45) is 2.47. The fraction of sp³-hybridized carbons (Fsp3) is 0.579. The summed E-state index contributed by atoms with van der Waals surface area (Å²) in [5, 5.41) is 6.81. The van der Waals surface area contributed by atoms with Crippen LogP contribution in [0.5, 0.6) is 0 Å². The molecule has 2 atom stereocenters. The Kier molecular flexibility index (Phi) is 6.53. The van der Waals surface area contributed by atoms with Crippen LogP contribution in [0.1, 0.15) is 12.8 Å². The SMILES string of the molecule is CNC1COCC(N2CC3=C(CNCC3)C2)C1.Fc1ccc(F)cc1. The van der Waals surface area contributed by atoms with Crippen molar-refractivity contribution in [2.24, 2.45) is 0 Å². The van der Waals surface area contributed by atoms with Crippen LogP contribution < -0.4 is 10.6 Å². The zero-order valence-electron chi connectivity index (χ0n) is 14.7. The molecular weight excluding hydrogens is 324 g/mol. The molecule has 1 aromatic carbocycles. The first-order valence-corrected chi connectivity index (χ1v) is 8.96. The van der Waals surface area contributed by atoms with Gasteiger partial charge in [-0.1, -0.05) is 5.57 Å². The Morgan fingerprint density at radius 3 is 2.40 bits per heavy atom. The molecule has 0 aromatic heterocycles. The Bertz CT molecular complexity index is 552. The number of likely N-dealkylation sites (N-methyl/N-ethyl adjacent to an activating group) is 1. The molecule has 138 valence electrons. The Hall–Kier alpha value is -1.34. The lowest BCUT2D eigenvalue weighted by Gasteiger charge is -2.35. The van der Waals surface area contributed by atoms with Crippen molar-refractivity contribution in [2.75, 3.05) is 46.4 Å². The van der Waals surface area contributed by atoms with E-state index in [1.165, 1.54) is 19.4 Å². The maximum atomic E-state index is 11.9. The summed E-state index contributed by atoms with van der Waals surface area (Å²) in [5.74, 6) is -0.821. The van der Waals surface area contributed by atoms with Crippen LogP contribution in [0.3, 0.4) is 0 Å². The molecule has 1 aromatic rings. The highest BCUT2D eigenvalue weighted by Gasteiger charge is 2.32. The van der Waals surface area contributed by atoms with Gasteiger partial charge in [-0.05, 0) is 56.3 Å². The molecular formula is C19H27F2N3O. The fourth-order valence-electron chi connectivity index (χ4n) is 3.64. The summed E-state index contributed by atoms with van der Waals surface area (Å²) in [4.78, 5) is 2.61. The molecule has 0 amide bonds. The second kappa shape index (κ2) is 8.85. The van der Waals surface area contributed by atoms with E-state index in [9.17, 15) is 8.78 Å². The molecule has 6 heteroatoms. The molecule has 0 spiro atoms. The number of benzene rings is 1. The van der Waals surface area contributed by atoms with Crippen LogP contribution >= 0.6 is 0 Å².